The number of aliphatic hydroxyl groups excluding tert-OH is 1. The number of nitrogens with one attached hydrogen (secondary N) is 2. The van der Waals surface area contributed by atoms with E-state index in [9.17, 15) is 5.11 Å². The van der Waals surface area contributed by atoms with Crippen LogP contribution in [0.5, 0.6) is 0 Å². The first-order chi connectivity index (χ1) is 11.2. The number of likely N-dealkylation sites (tertiary alicyclic amines) is 1. The molecule has 0 saturated carbocycles. The number of hydrogen-bond acceptors (Lipinski definition) is 3. The van der Waals surface area contributed by atoms with Crippen molar-refractivity contribution in [3.63, 3.8) is 0 Å². The third kappa shape index (κ3) is 10.0. The van der Waals surface area contributed by atoms with E-state index in [0.717, 1.165) is 38.3 Å². The zero-order valence-corrected chi connectivity index (χ0v) is 18.2. The predicted molar refractivity (Wildman–Crippen MR) is 114 cm³/mol. The van der Waals surface area contributed by atoms with E-state index >= 15 is 0 Å². The zero-order chi connectivity index (χ0) is 16.9. The third-order valence-corrected chi connectivity index (χ3v) is 4.55. The summed E-state index contributed by atoms with van der Waals surface area (Å²) in [5, 5.41) is 16.2. The molecule has 6 heteroatoms. The van der Waals surface area contributed by atoms with Crippen LogP contribution in [0.1, 0.15) is 59.3 Å². The van der Waals surface area contributed by atoms with Crippen molar-refractivity contribution in [2.45, 2.75) is 65.3 Å². The molecule has 0 bridgehead atoms. The highest BCUT2D eigenvalue weighted by Gasteiger charge is 2.19. The van der Waals surface area contributed by atoms with Crippen molar-refractivity contribution in [2.75, 3.05) is 39.3 Å². The molecular formula is C18H39IN4O. The zero-order valence-electron chi connectivity index (χ0n) is 15.9. The van der Waals surface area contributed by atoms with Crippen molar-refractivity contribution in [2.24, 2.45) is 10.9 Å². The molecule has 144 valence electrons. The van der Waals surface area contributed by atoms with Crippen LogP contribution >= 0.6 is 24.0 Å². The highest BCUT2D eigenvalue weighted by molar-refractivity contribution is 14.0. The van der Waals surface area contributed by atoms with Crippen LogP contribution < -0.4 is 10.6 Å². The number of guanidine groups is 1. The number of hydrogen-bond donors (Lipinski definition) is 3. The number of halogens is 1. The van der Waals surface area contributed by atoms with Crippen LogP contribution in [0.15, 0.2) is 4.99 Å². The first kappa shape index (κ1) is 23.9. The average Bonchev–Trinajstić information content (AvgIpc) is 2.55. The molecule has 1 atom stereocenters. The molecule has 0 spiro atoms. The van der Waals surface area contributed by atoms with Crippen LogP contribution in [0.4, 0.5) is 0 Å². The molecule has 1 aliphatic rings. The van der Waals surface area contributed by atoms with E-state index in [1.54, 1.807) is 0 Å². The van der Waals surface area contributed by atoms with E-state index in [2.05, 4.69) is 36.3 Å². The lowest BCUT2D eigenvalue weighted by atomic mass is 10.0. The van der Waals surface area contributed by atoms with Gasteiger partial charge in [-0.15, -0.1) is 24.0 Å². The van der Waals surface area contributed by atoms with E-state index in [4.69, 9.17) is 4.99 Å². The van der Waals surface area contributed by atoms with Crippen LogP contribution in [0, 0.1) is 5.92 Å². The Labute approximate surface area is 166 Å². The quantitative estimate of drug-likeness (QED) is 0.270. The molecule has 1 unspecified atom stereocenters. The topological polar surface area (TPSA) is 59.9 Å². The van der Waals surface area contributed by atoms with E-state index in [1.807, 2.05) is 0 Å². The van der Waals surface area contributed by atoms with Gasteiger partial charge in [0.05, 0.1) is 0 Å². The van der Waals surface area contributed by atoms with Crippen molar-refractivity contribution < 1.29 is 5.11 Å². The standard InChI is InChI=1S/C18H38N4O.HI/c1-4-7-16(10-14-23)15-20-18(19-6-3)21-17-8-12-22(11-5-2)13-9-17;/h16-17,23H,4-15H2,1-3H3,(H2,19,20,21);1H. The normalized spacial score (nSPS) is 18.1. The molecule has 5 nitrogen and oxygen atoms in total. The molecule has 1 aliphatic heterocycles. The highest BCUT2D eigenvalue weighted by Crippen LogP contribution is 2.12. The second-order valence-corrected chi connectivity index (χ2v) is 6.65. The lowest BCUT2D eigenvalue weighted by molar-refractivity contribution is 0.206. The molecule has 3 N–H and O–H groups in total. The Bertz CT molecular complexity index is 314. The van der Waals surface area contributed by atoms with Gasteiger partial charge in [-0.1, -0.05) is 20.3 Å². The Morgan fingerprint density at radius 2 is 1.88 bits per heavy atom. The van der Waals surface area contributed by atoms with Gasteiger partial charge < -0.3 is 20.6 Å². The molecular weight excluding hydrogens is 415 g/mol. The third-order valence-electron chi connectivity index (χ3n) is 4.55. The molecule has 1 heterocycles. The summed E-state index contributed by atoms with van der Waals surface area (Å²) >= 11 is 0. The smallest absolute Gasteiger partial charge is 0.191 e. The number of rotatable bonds is 10. The van der Waals surface area contributed by atoms with Gasteiger partial charge in [-0.3, -0.25) is 4.99 Å². The fourth-order valence-electron chi connectivity index (χ4n) is 3.27. The Kier molecular flexibility index (Phi) is 15.1. The van der Waals surface area contributed by atoms with Crippen LogP contribution in [-0.2, 0) is 0 Å². The minimum absolute atomic E-state index is 0. The Balaban J connectivity index is 0.00000529. The Hall–Kier alpha value is -0.0800. The van der Waals surface area contributed by atoms with Gasteiger partial charge >= 0.3 is 0 Å². The minimum Gasteiger partial charge on any atom is -0.396 e. The first-order valence-corrected chi connectivity index (χ1v) is 9.61. The van der Waals surface area contributed by atoms with Gasteiger partial charge in [0.1, 0.15) is 0 Å². The molecule has 1 saturated heterocycles. The molecule has 0 aromatic rings. The molecule has 24 heavy (non-hydrogen) atoms. The predicted octanol–water partition coefficient (Wildman–Crippen LogP) is 2.83. The average molecular weight is 454 g/mol. The lowest BCUT2D eigenvalue weighted by Crippen LogP contribution is -2.48. The van der Waals surface area contributed by atoms with Crippen molar-refractivity contribution in [1.82, 2.24) is 15.5 Å². The van der Waals surface area contributed by atoms with Crippen molar-refractivity contribution >= 4 is 29.9 Å². The molecule has 0 radical (unpaired) electrons. The van der Waals surface area contributed by atoms with Crippen LogP contribution in [0.2, 0.25) is 0 Å². The Morgan fingerprint density at radius 3 is 2.42 bits per heavy atom. The van der Waals surface area contributed by atoms with E-state index in [0.29, 0.717) is 12.0 Å². The molecule has 1 rings (SSSR count). The number of piperidine rings is 1. The van der Waals surface area contributed by atoms with E-state index < -0.39 is 0 Å². The van der Waals surface area contributed by atoms with Gasteiger partial charge in [-0.25, -0.2) is 0 Å². The van der Waals surface area contributed by atoms with Gasteiger partial charge in [0.25, 0.3) is 0 Å². The van der Waals surface area contributed by atoms with Crippen LogP contribution in [0.3, 0.4) is 0 Å². The summed E-state index contributed by atoms with van der Waals surface area (Å²) in [6.07, 6.45) is 6.77. The van der Waals surface area contributed by atoms with Gasteiger partial charge in [-0.2, -0.15) is 0 Å². The summed E-state index contributed by atoms with van der Waals surface area (Å²) in [6.45, 7) is 12.1. The van der Waals surface area contributed by atoms with Crippen LogP contribution in [0.25, 0.3) is 0 Å². The summed E-state index contributed by atoms with van der Waals surface area (Å²) in [5.41, 5.74) is 0. The number of nitrogens with zero attached hydrogens (tertiary/aromatic N) is 2. The monoisotopic (exact) mass is 454 g/mol. The summed E-state index contributed by atoms with van der Waals surface area (Å²) in [6, 6.07) is 0.531. The van der Waals surface area contributed by atoms with Gasteiger partial charge in [-0.05, 0) is 51.5 Å². The van der Waals surface area contributed by atoms with Gasteiger partial charge in [0.15, 0.2) is 5.96 Å². The van der Waals surface area contributed by atoms with Crippen molar-refractivity contribution in [1.29, 1.82) is 0 Å². The number of aliphatic hydroxyl groups is 1. The maximum atomic E-state index is 9.18. The number of aliphatic imine (C=N–C) groups is 1. The SMILES string of the molecule is CCCC(CCO)CN=C(NCC)NC1CCN(CCC)CC1.I. The largest absolute Gasteiger partial charge is 0.396 e. The second-order valence-electron chi connectivity index (χ2n) is 6.65. The van der Waals surface area contributed by atoms with E-state index in [-0.39, 0.29) is 30.6 Å². The molecule has 0 aliphatic carbocycles. The van der Waals surface area contributed by atoms with Crippen LogP contribution in [-0.4, -0.2) is 61.3 Å². The van der Waals surface area contributed by atoms with Crippen molar-refractivity contribution in [3.05, 3.63) is 0 Å². The van der Waals surface area contributed by atoms with E-state index in [1.165, 1.54) is 38.9 Å². The lowest BCUT2D eigenvalue weighted by Gasteiger charge is -2.33. The summed E-state index contributed by atoms with van der Waals surface area (Å²) < 4.78 is 0. The molecule has 0 amide bonds. The van der Waals surface area contributed by atoms with Gasteiger partial charge in [0.2, 0.25) is 0 Å². The fraction of sp³-hybridized carbons (Fsp3) is 0.944. The molecule has 0 aromatic carbocycles. The maximum absolute atomic E-state index is 9.18. The summed E-state index contributed by atoms with van der Waals surface area (Å²) in [5.74, 6) is 1.44. The fourth-order valence-corrected chi connectivity index (χ4v) is 3.27. The highest BCUT2D eigenvalue weighted by atomic mass is 127. The first-order valence-electron chi connectivity index (χ1n) is 9.61. The minimum atomic E-state index is 0. The maximum Gasteiger partial charge on any atom is 0.191 e. The summed E-state index contributed by atoms with van der Waals surface area (Å²) in [7, 11) is 0. The molecule has 0 aromatic heterocycles. The van der Waals surface area contributed by atoms with Gasteiger partial charge in [0, 0.05) is 38.8 Å². The summed E-state index contributed by atoms with van der Waals surface area (Å²) in [4.78, 5) is 7.33. The second kappa shape index (κ2) is 15.2. The molecule has 1 fully saturated rings. The van der Waals surface area contributed by atoms with Crippen molar-refractivity contribution in [3.8, 4) is 0 Å². The Morgan fingerprint density at radius 1 is 1.17 bits per heavy atom.